The van der Waals surface area contributed by atoms with Gasteiger partial charge in [-0.2, -0.15) is 5.26 Å². The molecule has 1 aromatic carbocycles. The summed E-state index contributed by atoms with van der Waals surface area (Å²) in [5, 5.41) is 17.6. The Morgan fingerprint density at radius 1 is 1.48 bits per heavy atom. The van der Waals surface area contributed by atoms with Gasteiger partial charge in [-0.25, -0.2) is 0 Å². The van der Waals surface area contributed by atoms with Crippen LogP contribution in [0, 0.1) is 36.0 Å². The monoisotopic (exact) mass is 284 g/mol. The second kappa shape index (κ2) is 8.09. The van der Waals surface area contributed by atoms with Crippen molar-refractivity contribution in [3.05, 3.63) is 34.9 Å². The molecular formula is C17H20N2O2. The Labute approximate surface area is 126 Å². The van der Waals surface area contributed by atoms with Crippen LogP contribution < -0.4 is 0 Å². The van der Waals surface area contributed by atoms with Crippen LogP contribution in [0.1, 0.15) is 34.8 Å². The quantitative estimate of drug-likeness (QED) is 0.860. The highest BCUT2D eigenvalue weighted by molar-refractivity contribution is 5.95. The zero-order valence-electron chi connectivity index (χ0n) is 12.7. The smallest absolute Gasteiger partial charge is 0.253 e. The van der Waals surface area contributed by atoms with Gasteiger partial charge in [-0.05, 0) is 31.5 Å². The van der Waals surface area contributed by atoms with Crippen LogP contribution in [0.15, 0.2) is 18.2 Å². The highest BCUT2D eigenvalue weighted by Crippen LogP contribution is 2.14. The van der Waals surface area contributed by atoms with Gasteiger partial charge in [-0.3, -0.25) is 4.79 Å². The molecule has 0 aliphatic rings. The molecule has 0 aliphatic heterocycles. The lowest BCUT2D eigenvalue weighted by molar-refractivity contribution is 0.0784. The van der Waals surface area contributed by atoms with Gasteiger partial charge >= 0.3 is 0 Å². The summed E-state index contributed by atoms with van der Waals surface area (Å²) in [5.41, 5.74) is 2.22. The summed E-state index contributed by atoms with van der Waals surface area (Å²) < 4.78 is 0. The second-order valence-electron chi connectivity index (χ2n) is 5.02. The summed E-state index contributed by atoms with van der Waals surface area (Å²) in [5.74, 6) is 5.45. The lowest BCUT2D eigenvalue weighted by Crippen LogP contribution is -2.31. The van der Waals surface area contributed by atoms with E-state index >= 15 is 0 Å². The third kappa shape index (κ3) is 4.95. The number of carbonyl (C=O) groups is 1. The van der Waals surface area contributed by atoms with Crippen LogP contribution >= 0.6 is 0 Å². The third-order valence-electron chi connectivity index (χ3n) is 3.05. The number of nitriles is 1. The normalized spacial score (nSPS) is 11.0. The lowest BCUT2D eigenvalue weighted by Gasteiger charge is -2.19. The maximum atomic E-state index is 12.4. The minimum atomic E-state index is -0.202. The Kier molecular flexibility index (Phi) is 6.46. The third-order valence-corrected chi connectivity index (χ3v) is 3.05. The molecule has 21 heavy (non-hydrogen) atoms. The number of benzene rings is 1. The number of hydrogen-bond acceptors (Lipinski definition) is 3. The first-order valence-electron chi connectivity index (χ1n) is 6.85. The van der Waals surface area contributed by atoms with E-state index < -0.39 is 0 Å². The van der Waals surface area contributed by atoms with Gasteiger partial charge in [0.2, 0.25) is 0 Å². The predicted molar refractivity (Wildman–Crippen MR) is 81.5 cm³/mol. The van der Waals surface area contributed by atoms with E-state index in [1.807, 2.05) is 19.1 Å². The van der Waals surface area contributed by atoms with Crippen LogP contribution in [0.4, 0.5) is 0 Å². The summed E-state index contributed by atoms with van der Waals surface area (Å²) in [6, 6.07) is 7.60. The first kappa shape index (κ1) is 16.8. The first-order valence-corrected chi connectivity index (χ1v) is 6.85. The van der Waals surface area contributed by atoms with Crippen molar-refractivity contribution in [1.82, 2.24) is 4.90 Å². The minimum absolute atomic E-state index is 0.0272. The predicted octanol–water partition coefficient (Wildman–Crippen LogP) is 1.96. The molecule has 0 aliphatic carbocycles. The van der Waals surface area contributed by atoms with Gasteiger partial charge in [0.25, 0.3) is 5.91 Å². The van der Waals surface area contributed by atoms with Crippen LogP contribution in [0.25, 0.3) is 0 Å². The molecule has 1 unspecified atom stereocenters. The minimum Gasteiger partial charge on any atom is -0.395 e. The van der Waals surface area contributed by atoms with Crippen LogP contribution in [0.3, 0.4) is 0 Å². The maximum absolute atomic E-state index is 12.4. The van der Waals surface area contributed by atoms with Crippen LogP contribution in [0.5, 0.6) is 0 Å². The fraction of sp³-hybridized carbons (Fsp3) is 0.412. The number of nitrogens with zero attached hydrogens (tertiary/aromatic N) is 2. The van der Waals surface area contributed by atoms with Gasteiger partial charge in [0, 0.05) is 31.1 Å². The summed E-state index contributed by atoms with van der Waals surface area (Å²) in [4.78, 5) is 14.0. The molecule has 0 aromatic heterocycles. The van der Waals surface area contributed by atoms with Crippen molar-refractivity contribution in [1.29, 1.82) is 5.26 Å². The van der Waals surface area contributed by atoms with E-state index in [1.165, 1.54) is 0 Å². The fourth-order valence-electron chi connectivity index (χ4n) is 1.89. The van der Waals surface area contributed by atoms with Crippen molar-refractivity contribution < 1.29 is 9.90 Å². The van der Waals surface area contributed by atoms with Crippen molar-refractivity contribution in [2.45, 2.75) is 20.3 Å². The van der Waals surface area contributed by atoms with E-state index in [2.05, 4.69) is 17.9 Å². The van der Waals surface area contributed by atoms with Crippen molar-refractivity contribution in [3.8, 4) is 17.9 Å². The molecule has 4 heteroatoms. The largest absolute Gasteiger partial charge is 0.395 e. The summed E-state index contributed by atoms with van der Waals surface area (Å²) in [6.07, 6.45) is 0.413. The Morgan fingerprint density at radius 3 is 2.81 bits per heavy atom. The van der Waals surface area contributed by atoms with E-state index in [9.17, 15) is 4.79 Å². The molecule has 0 saturated carbocycles. The van der Waals surface area contributed by atoms with Crippen LogP contribution in [-0.4, -0.2) is 36.1 Å². The van der Waals surface area contributed by atoms with E-state index in [1.54, 1.807) is 24.9 Å². The molecule has 1 atom stereocenters. The Balaban J connectivity index is 2.96. The van der Waals surface area contributed by atoms with Crippen molar-refractivity contribution in [2.75, 3.05) is 20.2 Å². The first-order chi connectivity index (χ1) is 9.99. The zero-order valence-corrected chi connectivity index (χ0v) is 12.7. The Bertz CT molecular complexity index is 605. The average molecular weight is 284 g/mol. The van der Waals surface area contributed by atoms with Gasteiger partial charge in [0.1, 0.15) is 0 Å². The number of amides is 1. The molecule has 1 aromatic rings. The molecule has 0 bridgehead atoms. The molecule has 0 fully saturated rings. The molecule has 1 amide bonds. The van der Waals surface area contributed by atoms with Gasteiger partial charge < -0.3 is 10.0 Å². The molecule has 1 N–H and O–H groups in total. The molecule has 4 nitrogen and oxygen atoms in total. The van der Waals surface area contributed by atoms with Gasteiger partial charge in [0.15, 0.2) is 0 Å². The molecule has 0 saturated heterocycles. The van der Waals surface area contributed by atoms with Crippen LogP contribution in [0.2, 0.25) is 0 Å². The second-order valence-corrected chi connectivity index (χ2v) is 5.02. The van der Waals surface area contributed by atoms with E-state index in [0.717, 1.165) is 11.1 Å². The number of carbonyl (C=O) groups excluding carboxylic acids is 1. The van der Waals surface area contributed by atoms with Gasteiger partial charge in [-0.1, -0.05) is 17.9 Å². The SMILES string of the molecule is Cc1ccc(C#CCCO)cc1C(=O)N(C)CC(C)C#N. The highest BCUT2D eigenvalue weighted by Gasteiger charge is 2.16. The molecule has 0 heterocycles. The summed E-state index contributed by atoms with van der Waals surface area (Å²) >= 11 is 0. The number of aliphatic hydroxyl groups excluding tert-OH is 1. The number of rotatable bonds is 4. The Morgan fingerprint density at radius 2 is 2.19 bits per heavy atom. The van der Waals surface area contributed by atoms with Crippen molar-refractivity contribution in [3.63, 3.8) is 0 Å². The van der Waals surface area contributed by atoms with E-state index in [0.29, 0.717) is 18.5 Å². The van der Waals surface area contributed by atoms with Gasteiger partial charge in [0.05, 0.1) is 18.6 Å². The maximum Gasteiger partial charge on any atom is 0.253 e. The highest BCUT2D eigenvalue weighted by atomic mass is 16.2. The molecule has 110 valence electrons. The van der Waals surface area contributed by atoms with Crippen LogP contribution in [-0.2, 0) is 0 Å². The van der Waals surface area contributed by atoms with Crippen molar-refractivity contribution >= 4 is 5.91 Å². The summed E-state index contributed by atoms with van der Waals surface area (Å²) in [6.45, 7) is 4.09. The van der Waals surface area contributed by atoms with Crippen molar-refractivity contribution in [2.24, 2.45) is 5.92 Å². The molecule has 1 rings (SSSR count). The van der Waals surface area contributed by atoms with Gasteiger partial charge in [-0.15, -0.1) is 0 Å². The molecule has 0 spiro atoms. The topological polar surface area (TPSA) is 64.3 Å². The average Bonchev–Trinajstić information content (AvgIpc) is 2.48. The number of aliphatic hydroxyl groups is 1. The standard InChI is InChI=1S/C17H20N2O2/c1-13(11-18)12-19(3)17(21)16-10-15(6-4-5-9-20)8-7-14(16)2/h7-8,10,13,20H,5,9,12H2,1-3H3. The van der Waals surface area contributed by atoms with E-state index in [-0.39, 0.29) is 18.4 Å². The zero-order chi connectivity index (χ0) is 15.8. The lowest BCUT2D eigenvalue weighted by atomic mass is 10.0. The molecular weight excluding hydrogens is 264 g/mol. The number of aryl methyl sites for hydroxylation is 1. The number of hydrogen-bond donors (Lipinski definition) is 1. The molecule has 0 radical (unpaired) electrons. The summed E-state index contributed by atoms with van der Waals surface area (Å²) in [7, 11) is 1.69. The fourth-order valence-corrected chi connectivity index (χ4v) is 1.89. The van der Waals surface area contributed by atoms with E-state index in [4.69, 9.17) is 10.4 Å². The Hall–Kier alpha value is -2.30.